The van der Waals surface area contributed by atoms with E-state index < -0.39 is 0 Å². The molecule has 7 heteroatoms. The first-order chi connectivity index (χ1) is 9.63. The molecule has 1 atom stereocenters. The number of hydrogen-bond donors (Lipinski definition) is 2. The van der Waals surface area contributed by atoms with E-state index in [1.165, 1.54) is 13.2 Å². The zero-order chi connectivity index (χ0) is 14.5. The second-order valence-corrected chi connectivity index (χ2v) is 5.08. The molecule has 2 aromatic rings. The summed E-state index contributed by atoms with van der Waals surface area (Å²) in [6.07, 6.45) is 0.372. The summed E-state index contributed by atoms with van der Waals surface area (Å²) in [6.45, 7) is 0. The van der Waals surface area contributed by atoms with Gasteiger partial charge in [-0.25, -0.2) is 4.39 Å². The number of benzene rings is 1. The third-order valence-electron chi connectivity index (χ3n) is 2.87. The lowest BCUT2D eigenvalue weighted by molar-refractivity contribution is 0.389. The molecule has 2 rings (SSSR count). The summed E-state index contributed by atoms with van der Waals surface area (Å²) in [4.78, 5) is 0. The molecule has 1 aromatic heterocycles. The van der Waals surface area contributed by atoms with Crippen LogP contribution in [0.1, 0.15) is 17.3 Å². The summed E-state index contributed by atoms with van der Waals surface area (Å²) in [5.74, 6) is 5.65. The quantitative estimate of drug-likeness (QED) is 0.644. The van der Waals surface area contributed by atoms with E-state index in [0.717, 1.165) is 0 Å². The Morgan fingerprint density at radius 2 is 2.15 bits per heavy atom. The molecule has 0 aliphatic rings. The van der Waals surface area contributed by atoms with E-state index in [2.05, 4.69) is 31.6 Å². The summed E-state index contributed by atoms with van der Waals surface area (Å²) in [6, 6.07) is 8.01. The predicted molar refractivity (Wildman–Crippen MR) is 76.5 cm³/mol. The van der Waals surface area contributed by atoms with Gasteiger partial charge in [0.1, 0.15) is 5.82 Å². The summed E-state index contributed by atoms with van der Waals surface area (Å²) in [7, 11) is 1.51. The van der Waals surface area contributed by atoms with Gasteiger partial charge in [0.25, 0.3) is 0 Å². The molecule has 0 saturated heterocycles. The van der Waals surface area contributed by atoms with Gasteiger partial charge in [0, 0.05) is 10.5 Å². The van der Waals surface area contributed by atoms with Crippen molar-refractivity contribution in [2.45, 2.75) is 12.5 Å². The number of nitrogens with two attached hydrogens (primary N) is 1. The Hall–Kier alpha value is -1.57. The number of nitrogens with zero attached hydrogens (tertiary/aromatic N) is 2. The molecule has 0 radical (unpaired) electrons. The second kappa shape index (κ2) is 6.74. The summed E-state index contributed by atoms with van der Waals surface area (Å²) in [5.41, 5.74) is 3.80. The molecular formula is C13H14BrFN4O. The van der Waals surface area contributed by atoms with Crippen LogP contribution in [0.3, 0.4) is 0 Å². The molecule has 3 N–H and O–H groups in total. The van der Waals surface area contributed by atoms with Gasteiger partial charge in [0.05, 0.1) is 18.8 Å². The van der Waals surface area contributed by atoms with E-state index in [1.54, 1.807) is 24.3 Å². The van der Waals surface area contributed by atoms with Gasteiger partial charge < -0.3 is 4.74 Å². The van der Waals surface area contributed by atoms with Gasteiger partial charge in [-0.2, -0.15) is 5.10 Å². The Labute approximate surface area is 124 Å². The van der Waals surface area contributed by atoms with Crippen molar-refractivity contribution >= 4 is 15.9 Å². The van der Waals surface area contributed by atoms with E-state index in [4.69, 9.17) is 10.6 Å². The summed E-state index contributed by atoms with van der Waals surface area (Å²) >= 11 is 3.22. The number of methoxy groups -OCH3 is 1. The molecule has 1 heterocycles. The fourth-order valence-electron chi connectivity index (χ4n) is 1.78. The highest BCUT2D eigenvalue weighted by Crippen LogP contribution is 2.21. The Balaban J connectivity index is 2.19. The maximum atomic E-state index is 13.8. The minimum atomic E-state index is -0.330. The standard InChI is InChI=1S/C13H14BrFN4O/c1-20-13-5-4-11(18-19-13)12(17-16)6-8-2-3-9(14)7-10(8)15/h2-5,7,12,17H,6,16H2,1H3. The van der Waals surface area contributed by atoms with Crippen LogP contribution in [0.2, 0.25) is 0 Å². The van der Waals surface area contributed by atoms with Gasteiger partial charge in [-0.15, -0.1) is 5.10 Å². The van der Waals surface area contributed by atoms with Crippen LogP contribution in [-0.4, -0.2) is 17.3 Å². The molecule has 106 valence electrons. The Kier molecular flexibility index (Phi) is 4.99. The van der Waals surface area contributed by atoms with Crippen molar-refractivity contribution in [1.82, 2.24) is 15.6 Å². The minimum absolute atomic E-state index is 0.291. The van der Waals surface area contributed by atoms with Crippen LogP contribution in [0, 0.1) is 5.82 Å². The molecule has 20 heavy (non-hydrogen) atoms. The molecule has 1 unspecified atom stereocenters. The molecule has 0 bridgehead atoms. The maximum Gasteiger partial charge on any atom is 0.233 e. The van der Waals surface area contributed by atoms with Crippen LogP contribution < -0.4 is 16.0 Å². The number of aromatic nitrogens is 2. The highest BCUT2D eigenvalue weighted by atomic mass is 79.9. The summed E-state index contributed by atoms with van der Waals surface area (Å²) < 4.78 is 19.5. The van der Waals surface area contributed by atoms with E-state index in [9.17, 15) is 4.39 Å². The first-order valence-electron chi connectivity index (χ1n) is 5.91. The van der Waals surface area contributed by atoms with Gasteiger partial charge in [-0.3, -0.25) is 11.3 Å². The van der Waals surface area contributed by atoms with Crippen LogP contribution in [-0.2, 0) is 6.42 Å². The first kappa shape index (κ1) is 14.8. The van der Waals surface area contributed by atoms with E-state index in [-0.39, 0.29) is 11.9 Å². The molecule has 0 fully saturated rings. The first-order valence-corrected chi connectivity index (χ1v) is 6.71. The van der Waals surface area contributed by atoms with Crippen molar-refractivity contribution in [2.75, 3.05) is 7.11 Å². The highest BCUT2D eigenvalue weighted by molar-refractivity contribution is 9.10. The van der Waals surface area contributed by atoms with E-state index >= 15 is 0 Å². The van der Waals surface area contributed by atoms with Crippen LogP contribution in [0.25, 0.3) is 0 Å². The normalized spacial score (nSPS) is 12.2. The van der Waals surface area contributed by atoms with Gasteiger partial charge in [-0.05, 0) is 30.2 Å². The minimum Gasteiger partial charge on any atom is -0.480 e. The molecule has 0 amide bonds. The molecular weight excluding hydrogens is 327 g/mol. The van der Waals surface area contributed by atoms with Crippen molar-refractivity contribution in [3.8, 4) is 5.88 Å². The Morgan fingerprint density at radius 1 is 1.35 bits per heavy atom. The number of halogens is 2. The van der Waals surface area contributed by atoms with Crippen molar-refractivity contribution in [3.63, 3.8) is 0 Å². The molecule has 0 spiro atoms. The molecule has 0 aliphatic carbocycles. The predicted octanol–water partition coefficient (Wildman–Crippen LogP) is 2.13. The summed E-state index contributed by atoms with van der Waals surface area (Å²) in [5, 5.41) is 7.89. The van der Waals surface area contributed by atoms with Crippen molar-refractivity contribution in [2.24, 2.45) is 5.84 Å². The van der Waals surface area contributed by atoms with E-state index in [0.29, 0.717) is 28.0 Å². The molecule has 5 nitrogen and oxygen atoms in total. The molecule has 0 saturated carbocycles. The van der Waals surface area contributed by atoms with Crippen LogP contribution in [0.5, 0.6) is 5.88 Å². The highest BCUT2D eigenvalue weighted by Gasteiger charge is 2.15. The number of ether oxygens (including phenoxy) is 1. The van der Waals surface area contributed by atoms with Crippen LogP contribution in [0.15, 0.2) is 34.8 Å². The second-order valence-electron chi connectivity index (χ2n) is 4.16. The maximum absolute atomic E-state index is 13.8. The van der Waals surface area contributed by atoms with Gasteiger partial charge in [0.2, 0.25) is 5.88 Å². The SMILES string of the molecule is COc1ccc(C(Cc2ccc(Br)cc2F)NN)nn1. The van der Waals surface area contributed by atoms with Gasteiger partial charge >= 0.3 is 0 Å². The number of hydrazine groups is 1. The number of nitrogens with one attached hydrogen (secondary N) is 1. The van der Waals surface area contributed by atoms with Crippen molar-refractivity contribution < 1.29 is 9.13 Å². The van der Waals surface area contributed by atoms with E-state index in [1.807, 2.05) is 0 Å². The lowest BCUT2D eigenvalue weighted by Gasteiger charge is -2.15. The largest absolute Gasteiger partial charge is 0.480 e. The number of rotatable bonds is 5. The topological polar surface area (TPSA) is 73.1 Å². The average Bonchev–Trinajstić information content (AvgIpc) is 2.47. The third kappa shape index (κ3) is 3.50. The fraction of sp³-hybridized carbons (Fsp3) is 0.231. The van der Waals surface area contributed by atoms with Crippen LogP contribution in [0.4, 0.5) is 4.39 Å². The smallest absolute Gasteiger partial charge is 0.233 e. The molecule has 1 aromatic carbocycles. The number of hydrogen-bond acceptors (Lipinski definition) is 5. The third-order valence-corrected chi connectivity index (χ3v) is 3.36. The fourth-order valence-corrected chi connectivity index (χ4v) is 2.11. The monoisotopic (exact) mass is 340 g/mol. The Morgan fingerprint density at radius 3 is 2.70 bits per heavy atom. The lowest BCUT2D eigenvalue weighted by Crippen LogP contribution is -2.30. The van der Waals surface area contributed by atoms with Crippen molar-refractivity contribution in [1.29, 1.82) is 0 Å². The van der Waals surface area contributed by atoms with Gasteiger partial charge in [-0.1, -0.05) is 22.0 Å². The lowest BCUT2D eigenvalue weighted by atomic mass is 10.0. The zero-order valence-corrected chi connectivity index (χ0v) is 12.4. The van der Waals surface area contributed by atoms with Crippen molar-refractivity contribution in [3.05, 3.63) is 51.9 Å². The van der Waals surface area contributed by atoms with Gasteiger partial charge in [0.15, 0.2) is 0 Å². The Bertz CT molecular complexity index is 579. The van der Waals surface area contributed by atoms with Crippen LogP contribution >= 0.6 is 15.9 Å². The zero-order valence-electron chi connectivity index (χ0n) is 10.8. The molecule has 0 aliphatic heterocycles. The average molecular weight is 341 g/mol.